The maximum absolute atomic E-state index is 13.9. The number of hydrogen-bond acceptors (Lipinski definition) is 3. The van der Waals surface area contributed by atoms with Gasteiger partial charge in [-0.05, 0) is 43.2 Å². The summed E-state index contributed by atoms with van der Waals surface area (Å²) in [5, 5.41) is 7.00. The fourth-order valence-electron chi connectivity index (χ4n) is 3.43. The monoisotopic (exact) mass is 422 g/mol. The summed E-state index contributed by atoms with van der Waals surface area (Å²) in [6, 6.07) is 6.69. The van der Waals surface area contributed by atoms with E-state index >= 15 is 0 Å². The van der Waals surface area contributed by atoms with Gasteiger partial charge in [0.05, 0.1) is 23.0 Å². The molecule has 2 aromatic heterocycles. The van der Waals surface area contributed by atoms with E-state index in [2.05, 4.69) is 15.4 Å². The van der Waals surface area contributed by atoms with Crippen LogP contribution in [0.1, 0.15) is 40.6 Å². The predicted octanol–water partition coefficient (Wildman–Crippen LogP) is 4.51. The van der Waals surface area contributed by atoms with Crippen molar-refractivity contribution in [2.24, 2.45) is 0 Å². The van der Waals surface area contributed by atoms with E-state index in [0.717, 1.165) is 18.3 Å². The summed E-state index contributed by atoms with van der Waals surface area (Å²) in [5.41, 5.74) is -0.337. The van der Waals surface area contributed by atoms with Crippen LogP contribution in [0.5, 0.6) is 0 Å². The molecule has 4 rings (SSSR count). The number of nitrogens with zero attached hydrogens (tertiary/aromatic N) is 3. The van der Waals surface area contributed by atoms with Crippen LogP contribution in [0, 0.1) is 11.6 Å². The minimum atomic E-state index is -4.58. The van der Waals surface area contributed by atoms with Crippen LogP contribution in [0.4, 0.5) is 22.0 Å². The van der Waals surface area contributed by atoms with E-state index in [9.17, 15) is 26.7 Å². The zero-order chi connectivity index (χ0) is 21.5. The highest BCUT2D eigenvalue weighted by Crippen LogP contribution is 2.33. The van der Waals surface area contributed by atoms with Gasteiger partial charge in [0.25, 0.3) is 5.91 Å². The van der Waals surface area contributed by atoms with E-state index < -0.39 is 41.0 Å². The molecule has 0 saturated heterocycles. The van der Waals surface area contributed by atoms with Gasteiger partial charge in [-0.3, -0.25) is 14.5 Å². The van der Waals surface area contributed by atoms with E-state index in [1.807, 2.05) is 0 Å². The van der Waals surface area contributed by atoms with Crippen molar-refractivity contribution in [3.05, 3.63) is 71.2 Å². The molecule has 1 aromatic carbocycles. The van der Waals surface area contributed by atoms with Crippen molar-refractivity contribution in [1.29, 1.82) is 0 Å². The molecule has 0 radical (unpaired) electrons. The number of rotatable bonds is 3. The minimum absolute atomic E-state index is 0.237. The largest absolute Gasteiger partial charge is 0.433 e. The van der Waals surface area contributed by atoms with Crippen molar-refractivity contribution >= 4 is 5.91 Å². The number of benzene rings is 1. The molecule has 1 aliphatic rings. The SMILES string of the molecule is O=C(NC1CCCn2nc(-c3ccnc(C(F)(F)F)c3)cc21)c1cccc(F)c1F. The lowest BCUT2D eigenvalue weighted by atomic mass is 10.0. The number of halogens is 5. The standard InChI is InChI=1S/C20H15F5N4O/c21-13-4-1-3-12(18(13)22)19(30)27-14-5-2-8-29-16(14)10-15(28-29)11-6-7-26-17(9-11)20(23,24)25/h1,3-4,6-7,9-10,14H,2,5,8H2,(H,27,30). The molecule has 10 heteroatoms. The normalized spacial score (nSPS) is 16.2. The number of fused-ring (bicyclic) bond motifs is 1. The van der Waals surface area contributed by atoms with Crippen molar-refractivity contribution < 1.29 is 26.7 Å². The number of carbonyl (C=O) groups is 1. The molecule has 1 atom stereocenters. The predicted molar refractivity (Wildman–Crippen MR) is 96.3 cm³/mol. The summed E-state index contributed by atoms with van der Waals surface area (Å²) >= 11 is 0. The molecule has 3 heterocycles. The van der Waals surface area contributed by atoms with E-state index in [4.69, 9.17) is 0 Å². The van der Waals surface area contributed by atoms with Gasteiger partial charge in [0.15, 0.2) is 11.6 Å². The Labute approximate surface area is 167 Å². The lowest BCUT2D eigenvalue weighted by Crippen LogP contribution is -2.33. The van der Waals surface area contributed by atoms with Gasteiger partial charge in [0, 0.05) is 18.3 Å². The summed E-state index contributed by atoms with van der Waals surface area (Å²) in [7, 11) is 0. The Morgan fingerprint density at radius 3 is 2.73 bits per heavy atom. The molecular formula is C20H15F5N4O. The van der Waals surface area contributed by atoms with Gasteiger partial charge in [0.2, 0.25) is 0 Å². The Hall–Kier alpha value is -3.30. The van der Waals surface area contributed by atoms with Crippen LogP contribution in [0.25, 0.3) is 11.3 Å². The molecule has 0 spiro atoms. The van der Waals surface area contributed by atoms with Gasteiger partial charge in [-0.15, -0.1) is 0 Å². The number of pyridine rings is 1. The van der Waals surface area contributed by atoms with Crippen LogP contribution in [-0.4, -0.2) is 20.7 Å². The van der Waals surface area contributed by atoms with E-state index in [1.165, 1.54) is 18.2 Å². The molecule has 1 aliphatic heterocycles. The van der Waals surface area contributed by atoms with Crippen LogP contribution in [0.3, 0.4) is 0 Å². The van der Waals surface area contributed by atoms with Gasteiger partial charge < -0.3 is 5.32 Å². The first-order valence-corrected chi connectivity index (χ1v) is 9.10. The number of nitrogens with one attached hydrogen (secondary N) is 1. The van der Waals surface area contributed by atoms with Gasteiger partial charge in [-0.2, -0.15) is 18.3 Å². The fourth-order valence-corrected chi connectivity index (χ4v) is 3.43. The van der Waals surface area contributed by atoms with Gasteiger partial charge in [-0.25, -0.2) is 8.78 Å². The second-order valence-electron chi connectivity index (χ2n) is 6.87. The Morgan fingerprint density at radius 2 is 1.97 bits per heavy atom. The molecule has 30 heavy (non-hydrogen) atoms. The molecule has 5 nitrogen and oxygen atoms in total. The van der Waals surface area contributed by atoms with Crippen molar-refractivity contribution in [2.45, 2.75) is 31.6 Å². The van der Waals surface area contributed by atoms with E-state index in [-0.39, 0.29) is 5.56 Å². The number of carbonyl (C=O) groups excluding carboxylic acids is 1. The second kappa shape index (κ2) is 7.51. The highest BCUT2D eigenvalue weighted by Gasteiger charge is 2.33. The third kappa shape index (κ3) is 3.77. The summed E-state index contributed by atoms with van der Waals surface area (Å²) in [6.07, 6.45) is -2.35. The second-order valence-corrected chi connectivity index (χ2v) is 6.87. The molecule has 1 N–H and O–H groups in total. The van der Waals surface area contributed by atoms with Crippen molar-refractivity contribution in [3.63, 3.8) is 0 Å². The fraction of sp³-hybridized carbons (Fsp3) is 0.250. The molecule has 0 saturated carbocycles. The number of aromatic nitrogens is 3. The molecular weight excluding hydrogens is 407 g/mol. The first kappa shape index (κ1) is 20.0. The maximum Gasteiger partial charge on any atom is 0.433 e. The third-order valence-electron chi connectivity index (χ3n) is 4.88. The van der Waals surface area contributed by atoms with Gasteiger partial charge in [-0.1, -0.05) is 6.07 Å². The lowest BCUT2D eigenvalue weighted by molar-refractivity contribution is -0.141. The van der Waals surface area contributed by atoms with Crippen molar-refractivity contribution in [3.8, 4) is 11.3 Å². The lowest BCUT2D eigenvalue weighted by Gasteiger charge is -2.24. The molecule has 0 aliphatic carbocycles. The molecule has 3 aromatic rings. The van der Waals surface area contributed by atoms with Crippen LogP contribution in [-0.2, 0) is 12.7 Å². The van der Waals surface area contributed by atoms with Crippen LogP contribution < -0.4 is 5.32 Å². The highest BCUT2D eigenvalue weighted by molar-refractivity contribution is 5.94. The molecule has 1 amide bonds. The zero-order valence-electron chi connectivity index (χ0n) is 15.4. The first-order valence-electron chi connectivity index (χ1n) is 9.10. The van der Waals surface area contributed by atoms with Gasteiger partial charge in [0.1, 0.15) is 5.69 Å². The number of amides is 1. The average molecular weight is 422 g/mol. The zero-order valence-corrected chi connectivity index (χ0v) is 15.4. The topological polar surface area (TPSA) is 59.8 Å². The Balaban J connectivity index is 1.62. The summed E-state index contributed by atoms with van der Waals surface area (Å²) in [6.45, 7) is 0.521. The third-order valence-corrected chi connectivity index (χ3v) is 4.88. The van der Waals surface area contributed by atoms with Gasteiger partial charge >= 0.3 is 6.18 Å². The number of hydrogen-bond donors (Lipinski definition) is 1. The van der Waals surface area contributed by atoms with Crippen molar-refractivity contribution in [1.82, 2.24) is 20.1 Å². The molecule has 1 unspecified atom stereocenters. The van der Waals surface area contributed by atoms with Crippen LogP contribution >= 0.6 is 0 Å². The van der Waals surface area contributed by atoms with Crippen LogP contribution in [0.2, 0.25) is 0 Å². The summed E-state index contributed by atoms with van der Waals surface area (Å²) in [4.78, 5) is 15.8. The highest BCUT2D eigenvalue weighted by atomic mass is 19.4. The molecule has 0 bridgehead atoms. The number of aryl methyl sites for hydroxylation is 1. The first-order chi connectivity index (χ1) is 14.2. The Kier molecular flexibility index (Phi) is 5.00. The number of alkyl halides is 3. The smallest absolute Gasteiger partial charge is 0.344 e. The summed E-state index contributed by atoms with van der Waals surface area (Å²) in [5.74, 6) is -3.15. The minimum Gasteiger partial charge on any atom is -0.344 e. The molecule has 0 fully saturated rings. The van der Waals surface area contributed by atoms with Crippen molar-refractivity contribution in [2.75, 3.05) is 0 Å². The van der Waals surface area contributed by atoms with E-state index in [1.54, 1.807) is 10.7 Å². The quantitative estimate of drug-likeness (QED) is 0.632. The Bertz CT molecular complexity index is 1110. The maximum atomic E-state index is 13.9. The summed E-state index contributed by atoms with van der Waals surface area (Å²) < 4.78 is 67.8. The van der Waals surface area contributed by atoms with Crippen LogP contribution in [0.15, 0.2) is 42.6 Å². The van der Waals surface area contributed by atoms with E-state index in [0.29, 0.717) is 30.8 Å². The Morgan fingerprint density at radius 1 is 1.17 bits per heavy atom. The average Bonchev–Trinajstić information content (AvgIpc) is 3.15. The molecule has 156 valence electrons.